The van der Waals surface area contributed by atoms with Crippen LogP contribution in [0.3, 0.4) is 0 Å². The number of hydrogen-bond donors (Lipinski definition) is 0. The van der Waals surface area contributed by atoms with E-state index in [2.05, 4.69) is 11.9 Å². The normalized spacial score (nSPS) is 11.9. The molecule has 0 spiro atoms. The van der Waals surface area contributed by atoms with Gasteiger partial charge < -0.3 is 4.74 Å². The fraction of sp³-hybridized carbons (Fsp3) is 0.238. The summed E-state index contributed by atoms with van der Waals surface area (Å²) in [6, 6.07) is 15.3. The van der Waals surface area contributed by atoms with Gasteiger partial charge in [0.2, 0.25) is 5.91 Å². The fourth-order valence-electron chi connectivity index (χ4n) is 2.79. The molecule has 0 aliphatic carbocycles. The Morgan fingerprint density at radius 3 is 2.68 bits per heavy atom. The number of thiazole rings is 1. The summed E-state index contributed by atoms with van der Waals surface area (Å²) in [5.41, 5.74) is 2.74. The van der Waals surface area contributed by atoms with Crippen molar-refractivity contribution in [3.8, 4) is 5.75 Å². The Kier molecular flexibility index (Phi) is 6.99. The van der Waals surface area contributed by atoms with Gasteiger partial charge in [-0.25, -0.2) is 4.98 Å². The lowest BCUT2D eigenvalue weighted by Gasteiger charge is -2.20. The van der Waals surface area contributed by atoms with Gasteiger partial charge in [-0.05, 0) is 30.7 Å². The lowest BCUT2D eigenvalue weighted by Crippen LogP contribution is -2.23. The molecule has 1 heterocycles. The highest BCUT2D eigenvalue weighted by atomic mass is 35.5. The van der Waals surface area contributed by atoms with Gasteiger partial charge in [-0.15, -0.1) is 23.1 Å². The molecule has 0 fully saturated rings. The molecule has 0 aliphatic rings. The average molecular weight is 433 g/mol. The van der Waals surface area contributed by atoms with Crippen molar-refractivity contribution >= 4 is 51.4 Å². The number of rotatable bonds is 7. The van der Waals surface area contributed by atoms with Gasteiger partial charge in [0.15, 0.2) is 5.13 Å². The molecule has 0 radical (unpaired) electrons. The number of carbonyl (C=O) groups excluding carboxylic acids is 1. The fourth-order valence-corrected chi connectivity index (χ4v) is 5.10. The zero-order valence-corrected chi connectivity index (χ0v) is 18.3. The van der Waals surface area contributed by atoms with E-state index in [1.54, 1.807) is 23.8 Å². The highest BCUT2D eigenvalue weighted by Crippen LogP contribution is 2.38. The molecule has 1 atom stereocenters. The standard InChI is InChI=1S/C21H21ClN2O2S2/c1-14(17-8-4-5-9-18(17)22)27-12-16-13-28-21(23-16)24(15(2)25)19-10-6-7-11-20(19)26-3/h4-11,13-14H,12H2,1-3H3. The molecule has 3 aromatic rings. The predicted octanol–water partition coefficient (Wildman–Crippen LogP) is 6.48. The number of carbonyl (C=O) groups is 1. The molecule has 7 heteroatoms. The SMILES string of the molecule is COc1ccccc1N(C(C)=O)c1nc(CSC(C)c2ccccc2Cl)cs1. The molecule has 28 heavy (non-hydrogen) atoms. The minimum Gasteiger partial charge on any atom is -0.495 e. The Morgan fingerprint density at radius 2 is 1.96 bits per heavy atom. The second-order valence-corrected chi connectivity index (χ2v) is 8.70. The topological polar surface area (TPSA) is 42.4 Å². The van der Waals surface area contributed by atoms with Crippen LogP contribution < -0.4 is 9.64 Å². The Labute approximate surface area is 178 Å². The maximum Gasteiger partial charge on any atom is 0.230 e. The number of methoxy groups -OCH3 is 1. The summed E-state index contributed by atoms with van der Waals surface area (Å²) >= 11 is 9.51. The Bertz CT molecular complexity index is 961. The number of nitrogens with zero attached hydrogens (tertiary/aromatic N) is 2. The Balaban J connectivity index is 1.76. The van der Waals surface area contributed by atoms with Crippen molar-refractivity contribution in [3.63, 3.8) is 0 Å². The van der Waals surface area contributed by atoms with E-state index >= 15 is 0 Å². The van der Waals surface area contributed by atoms with Crippen LogP contribution in [0.15, 0.2) is 53.9 Å². The zero-order valence-electron chi connectivity index (χ0n) is 15.9. The van der Waals surface area contributed by atoms with E-state index in [9.17, 15) is 4.79 Å². The van der Waals surface area contributed by atoms with Gasteiger partial charge in [0.05, 0.1) is 18.5 Å². The quantitative estimate of drug-likeness (QED) is 0.428. The molecule has 1 aromatic heterocycles. The number of hydrogen-bond acceptors (Lipinski definition) is 5. The van der Waals surface area contributed by atoms with Crippen molar-refractivity contribution in [1.82, 2.24) is 4.98 Å². The maximum atomic E-state index is 12.3. The number of aromatic nitrogens is 1. The molecule has 3 rings (SSSR count). The first-order chi connectivity index (χ1) is 13.5. The monoisotopic (exact) mass is 432 g/mol. The number of para-hydroxylation sites is 2. The van der Waals surface area contributed by atoms with E-state index in [-0.39, 0.29) is 11.2 Å². The molecule has 0 saturated carbocycles. The van der Waals surface area contributed by atoms with E-state index < -0.39 is 0 Å². The van der Waals surface area contributed by atoms with Crippen LogP contribution in [0, 0.1) is 0 Å². The van der Waals surface area contributed by atoms with E-state index in [4.69, 9.17) is 16.3 Å². The average Bonchev–Trinajstić information content (AvgIpc) is 3.15. The van der Waals surface area contributed by atoms with E-state index in [0.717, 1.165) is 22.0 Å². The Hall–Kier alpha value is -2.02. The summed E-state index contributed by atoms with van der Waals surface area (Å²) < 4.78 is 5.41. The van der Waals surface area contributed by atoms with Crippen LogP contribution in [0.5, 0.6) is 5.75 Å². The van der Waals surface area contributed by atoms with E-state index in [1.165, 1.54) is 18.3 Å². The van der Waals surface area contributed by atoms with Gasteiger partial charge in [0, 0.05) is 28.3 Å². The first kappa shape index (κ1) is 20.7. The summed E-state index contributed by atoms with van der Waals surface area (Å²) in [4.78, 5) is 18.6. The predicted molar refractivity (Wildman–Crippen MR) is 119 cm³/mol. The molecule has 0 bridgehead atoms. The molecule has 146 valence electrons. The highest BCUT2D eigenvalue weighted by Gasteiger charge is 2.21. The molecular formula is C21H21ClN2O2S2. The molecular weight excluding hydrogens is 412 g/mol. The summed E-state index contributed by atoms with van der Waals surface area (Å²) in [6.45, 7) is 3.66. The van der Waals surface area contributed by atoms with Crippen LogP contribution in [0.25, 0.3) is 0 Å². The Morgan fingerprint density at radius 1 is 1.25 bits per heavy atom. The van der Waals surface area contributed by atoms with Crippen LogP contribution in [-0.2, 0) is 10.5 Å². The van der Waals surface area contributed by atoms with Crippen LogP contribution in [0.1, 0.15) is 30.4 Å². The maximum absolute atomic E-state index is 12.3. The van der Waals surface area contributed by atoms with Gasteiger partial charge >= 0.3 is 0 Å². The summed E-state index contributed by atoms with van der Waals surface area (Å²) in [7, 11) is 1.59. The van der Waals surface area contributed by atoms with Crippen molar-refractivity contribution in [2.75, 3.05) is 12.0 Å². The number of amides is 1. The lowest BCUT2D eigenvalue weighted by atomic mass is 10.2. The largest absolute Gasteiger partial charge is 0.495 e. The smallest absolute Gasteiger partial charge is 0.230 e. The van der Waals surface area contributed by atoms with Crippen molar-refractivity contribution < 1.29 is 9.53 Å². The second-order valence-electron chi connectivity index (χ2n) is 6.12. The second kappa shape index (κ2) is 9.45. The van der Waals surface area contributed by atoms with Gasteiger partial charge in [0.1, 0.15) is 5.75 Å². The van der Waals surface area contributed by atoms with Gasteiger partial charge in [0.25, 0.3) is 0 Å². The van der Waals surface area contributed by atoms with E-state index in [1.807, 2.05) is 53.9 Å². The minimum absolute atomic E-state index is 0.109. The van der Waals surface area contributed by atoms with Gasteiger partial charge in [-0.1, -0.05) is 41.9 Å². The number of anilines is 2. The third-order valence-electron chi connectivity index (χ3n) is 4.20. The van der Waals surface area contributed by atoms with Crippen LogP contribution >= 0.6 is 34.7 Å². The molecule has 0 aliphatic heterocycles. The summed E-state index contributed by atoms with van der Waals surface area (Å²) in [5, 5.41) is 3.66. The minimum atomic E-state index is -0.109. The lowest BCUT2D eigenvalue weighted by molar-refractivity contribution is -0.115. The molecule has 1 amide bonds. The first-order valence-electron chi connectivity index (χ1n) is 8.75. The third-order valence-corrected chi connectivity index (χ3v) is 6.63. The molecule has 0 N–H and O–H groups in total. The van der Waals surface area contributed by atoms with Gasteiger partial charge in [-0.2, -0.15) is 0 Å². The van der Waals surface area contributed by atoms with E-state index in [0.29, 0.717) is 16.6 Å². The zero-order chi connectivity index (χ0) is 20.1. The van der Waals surface area contributed by atoms with Crippen molar-refractivity contribution in [1.29, 1.82) is 0 Å². The third kappa shape index (κ3) is 4.69. The summed E-state index contributed by atoms with van der Waals surface area (Å²) in [6.07, 6.45) is 0. The number of thioether (sulfide) groups is 1. The van der Waals surface area contributed by atoms with Crippen LogP contribution in [0.2, 0.25) is 5.02 Å². The first-order valence-corrected chi connectivity index (χ1v) is 11.1. The summed E-state index contributed by atoms with van der Waals surface area (Å²) in [5.74, 6) is 1.26. The molecule has 0 saturated heterocycles. The highest BCUT2D eigenvalue weighted by molar-refractivity contribution is 7.98. The van der Waals surface area contributed by atoms with Crippen molar-refractivity contribution in [2.45, 2.75) is 24.9 Å². The molecule has 2 aromatic carbocycles. The number of halogens is 1. The van der Waals surface area contributed by atoms with Crippen molar-refractivity contribution in [3.05, 3.63) is 70.2 Å². The van der Waals surface area contributed by atoms with Crippen molar-refractivity contribution in [2.24, 2.45) is 0 Å². The molecule has 1 unspecified atom stereocenters. The number of benzene rings is 2. The van der Waals surface area contributed by atoms with Crippen LogP contribution in [-0.4, -0.2) is 18.0 Å². The molecule has 4 nitrogen and oxygen atoms in total. The number of ether oxygens (including phenoxy) is 1. The van der Waals surface area contributed by atoms with Crippen LogP contribution in [0.4, 0.5) is 10.8 Å². The van der Waals surface area contributed by atoms with Gasteiger partial charge in [-0.3, -0.25) is 9.69 Å².